The number of halogens is 4. The highest BCUT2D eigenvalue weighted by Gasteiger charge is 2.27. The summed E-state index contributed by atoms with van der Waals surface area (Å²) < 4.78 is 48.6. The first-order chi connectivity index (χ1) is 7.79. The minimum atomic E-state index is -4.50. The third-order valence-electron chi connectivity index (χ3n) is 1.91. The Morgan fingerprint density at radius 1 is 1.35 bits per heavy atom. The van der Waals surface area contributed by atoms with Gasteiger partial charge in [0.1, 0.15) is 12.4 Å². The number of amides is 2. The van der Waals surface area contributed by atoms with Gasteiger partial charge in [-0.2, -0.15) is 13.2 Å². The van der Waals surface area contributed by atoms with Crippen LogP contribution in [0.2, 0.25) is 0 Å². The number of anilines is 1. The fourth-order valence-electron chi connectivity index (χ4n) is 1.13. The predicted molar refractivity (Wildman–Crippen MR) is 54.2 cm³/mol. The van der Waals surface area contributed by atoms with Crippen LogP contribution in [0.25, 0.3) is 0 Å². The molecular formula is C10H10F4N2O. The van der Waals surface area contributed by atoms with E-state index in [1.165, 1.54) is 19.1 Å². The molecule has 3 nitrogen and oxygen atoms in total. The Hall–Kier alpha value is -1.79. The van der Waals surface area contributed by atoms with Crippen molar-refractivity contribution in [1.82, 2.24) is 5.32 Å². The van der Waals surface area contributed by atoms with Crippen LogP contribution in [0.5, 0.6) is 0 Å². The number of benzene rings is 1. The van der Waals surface area contributed by atoms with Crippen molar-refractivity contribution in [3.63, 3.8) is 0 Å². The maximum absolute atomic E-state index is 13.2. The van der Waals surface area contributed by atoms with Crippen molar-refractivity contribution in [1.29, 1.82) is 0 Å². The highest BCUT2D eigenvalue weighted by atomic mass is 19.4. The van der Waals surface area contributed by atoms with Gasteiger partial charge in [0.2, 0.25) is 0 Å². The second-order valence-corrected chi connectivity index (χ2v) is 3.35. The third-order valence-corrected chi connectivity index (χ3v) is 1.91. The van der Waals surface area contributed by atoms with Crippen molar-refractivity contribution in [2.75, 3.05) is 11.9 Å². The fraction of sp³-hybridized carbons (Fsp3) is 0.300. The zero-order valence-electron chi connectivity index (χ0n) is 8.86. The van der Waals surface area contributed by atoms with E-state index >= 15 is 0 Å². The fourth-order valence-corrected chi connectivity index (χ4v) is 1.13. The van der Waals surface area contributed by atoms with Crippen LogP contribution in [0.15, 0.2) is 18.2 Å². The number of carbonyl (C=O) groups excluding carboxylic acids is 1. The third kappa shape index (κ3) is 4.29. The smallest absolute Gasteiger partial charge is 0.329 e. The summed E-state index contributed by atoms with van der Waals surface area (Å²) in [5, 5.41) is 3.61. The van der Waals surface area contributed by atoms with E-state index in [-0.39, 0.29) is 5.69 Å². The van der Waals surface area contributed by atoms with E-state index in [2.05, 4.69) is 0 Å². The topological polar surface area (TPSA) is 41.1 Å². The Labute approximate surface area is 94.8 Å². The van der Waals surface area contributed by atoms with E-state index in [1.54, 1.807) is 5.32 Å². The van der Waals surface area contributed by atoms with E-state index in [1.807, 2.05) is 5.32 Å². The molecule has 0 unspecified atom stereocenters. The number of para-hydroxylation sites is 1. The number of nitrogens with one attached hydrogen (secondary N) is 2. The standard InChI is InChI=1S/C10H10F4N2O/c1-6-3-2-4-7(11)8(6)16-9(17)15-5-10(12,13)14/h2-4H,5H2,1H3,(H2,15,16,17). The van der Waals surface area contributed by atoms with Crippen LogP contribution in [0.1, 0.15) is 5.56 Å². The van der Waals surface area contributed by atoms with Crippen LogP contribution in [-0.2, 0) is 0 Å². The first kappa shape index (κ1) is 13.3. The molecule has 0 heterocycles. The van der Waals surface area contributed by atoms with Gasteiger partial charge in [0.05, 0.1) is 5.69 Å². The lowest BCUT2D eigenvalue weighted by atomic mass is 10.2. The first-order valence-corrected chi connectivity index (χ1v) is 4.66. The van der Waals surface area contributed by atoms with Gasteiger partial charge in [0.25, 0.3) is 0 Å². The van der Waals surface area contributed by atoms with Crippen LogP contribution in [0.3, 0.4) is 0 Å². The summed E-state index contributed by atoms with van der Waals surface area (Å²) in [4.78, 5) is 11.1. The first-order valence-electron chi connectivity index (χ1n) is 4.66. The molecule has 0 aliphatic rings. The molecule has 0 bridgehead atoms. The number of alkyl halides is 3. The number of hydrogen-bond donors (Lipinski definition) is 2. The Morgan fingerprint density at radius 3 is 2.53 bits per heavy atom. The molecule has 0 aliphatic heterocycles. The molecule has 0 aromatic heterocycles. The molecule has 0 fully saturated rings. The molecule has 1 aromatic rings. The van der Waals surface area contributed by atoms with Gasteiger partial charge < -0.3 is 10.6 Å². The molecule has 2 amide bonds. The molecule has 0 saturated carbocycles. The van der Waals surface area contributed by atoms with E-state index in [9.17, 15) is 22.4 Å². The molecule has 1 rings (SSSR count). The molecule has 7 heteroatoms. The van der Waals surface area contributed by atoms with Crippen molar-refractivity contribution < 1.29 is 22.4 Å². The summed E-state index contributed by atoms with van der Waals surface area (Å²) in [5.74, 6) is -0.702. The van der Waals surface area contributed by atoms with Gasteiger partial charge in [-0.25, -0.2) is 9.18 Å². The van der Waals surface area contributed by atoms with Gasteiger partial charge in [-0.15, -0.1) is 0 Å². The molecule has 0 saturated heterocycles. The van der Waals surface area contributed by atoms with Crippen LogP contribution in [0, 0.1) is 12.7 Å². The van der Waals surface area contributed by atoms with Crippen molar-refractivity contribution in [2.45, 2.75) is 13.1 Å². The number of rotatable bonds is 2. The molecular weight excluding hydrogens is 240 g/mol. The van der Waals surface area contributed by atoms with Gasteiger partial charge in [-0.05, 0) is 18.6 Å². The maximum atomic E-state index is 13.2. The summed E-state index contributed by atoms with van der Waals surface area (Å²) in [5.41, 5.74) is 0.291. The summed E-state index contributed by atoms with van der Waals surface area (Å²) in [6.07, 6.45) is -4.50. The van der Waals surface area contributed by atoms with Gasteiger partial charge in [0.15, 0.2) is 0 Å². The number of aryl methyl sites for hydroxylation is 1. The average Bonchev–Trinajstić information content (AvgIpc) is 2.20. The quantitative estimate of drug-likeness (QED) is 0.778. The van der Waals surface area contributed by atoms with Crippen molar-refractivity contribution in [3.8, 4) is 0 Å². The summed E-state index contributed by atoms with van der Waals surface area (Å²) in [6, 6.07) is 2.97. The molecule has 1 aromatic carbocycles. The SMILES string of the molecule is Cc1cccc(F)c1NC(=O)NCC(F)(F)F. The van der Waals surface area contributed by atoms with Gasteiger partial charge in [-0.3, -0.25) is 0 Å². The molecule has 0 spiro atoms. The lowest BCUT2D eigenvalue weighted by molar-refractivity contribution is -0.122. The Morgan fingerprint density at radius 2 is 2.00 bits per heavy atom. The molecule has 2 N–H and O–H groups in total. The Kier molecular flexibility index (Phi) is 3.93. The van der Waals surface area contributed by atoms with E-state index in [0.29, 0.717) is 5.56 Å². The van der Waals surface area contributed by atoms with Crippen molar-refractivity contribution in [2.24, 2.45) is 0 Å². The van der Waals surface area contributed by atoms with E-state index in [0.717, 1.165) is 6.07 Å². The van der Waals surface area contributed by atoms with Crippen LogP contribution < -0.4 is 10.6 Å². The molecule has 0 aliphatic carbocycles. The molecule has 0 radical (unpaired) electrons. The van der Waals surface area contributed by atoms with Crippen LogP contribution in [-0.4, -0.2) is 18.8 Å². The molecule has 94 valence electrons. The van der Waals surface area contributed by atoms with Gasteiger partial charge in [-0.1, -0.05) is 12.1 Å². The summed E-state index contributed by atoms with van der Waals surface area (Å²) >= 11 is 0. The predicted octanol–water partition coefficient (Wildman–Crippen LogP) is 2.82. The minimum absolute atomic E-state index is 0.132. The zero-order valence-corrected chi connectivity index (χ0v) is 8.86. The maximum Gasteiger partial charge on any atom is 0.405 e. The zero-order chi connectivity index (χ0) is 13.1. The van der Waals surface area contributed by atoms with Gasteiger partial charge in [0, 0.05) is 0 Å². The Balaban J connectivity index is 2.63. The molecule has 0 atom stereocenters. The number of urea groups is 1. The largest absolute Gasteiger partial charge is 0.405 e. The monoisotopic (exact) mass is 250 g/mol. The normalized spacial score (nSPS) is 11.1. The second-order valence-electron chi connectivity index (χ2n) is 3.35. The number of hydrogen-bond acceptors (Lipinski definition) is 1. The van der Waals surface area contributed by atoms with E-state index in [4.69, 9.17) is 0 Å². The van der Waals surface area contributed by atoms with Crippen molar-refractivity contribution in [3.05, 3.63) is 29.6 Å². The van der Waals surface area contributed by atoms with Crippen molar-refractivity contribution >= 4 is 11.7 Å². The van der Waals surface area contributed by atoms with Crippen LogP contribution in [0.4, 0.5) is 28.0 Å². The second kappa shape index (κ2) is 5.03. The molecule has 17 heavy (non-hydrogen) atoms. The summed E-state index contributed by atoms with van der Waals surface area (Å²) in [7, 11) is 0. The highest BCUT2D eigenvalue weighted by molar-refractivity contribution is 5.90. The van der Waals surface area contributed by atoms with E-state index < -0.39 is 24.6 Å². The lowest BCUT2D eigenvalue weighted by Gasteiger charge is -2.11. The van der Waals surface area contributed by atoms with Crippen LogP contribution >= 0.6 is 0 Å². The highest BCUT2D eigenvalue weighted by Crippen LogP contribution is 2.18. The lowest BCUT2D eigenvalue weighted by Crippen LogP contribution is -2.36. The number of carbonyl (C=O) groups is 1. The average molecular weight is 250 g/mol. The minimum Gasteiger partial charge on any atom is -0.329 e. The Bertz CT molecular complexity index is 397. The summed E-state index contributed by atoms with van der Waals surface area (Å²) in [6.45, 7) is 0.0643. The van der Waals surface area contributed by atoms with Gasteiger partial charge >= 0.3 is 12.2 Å².